The van der Waals surface area contributed by atoms with E-state index in [1.165, 1.54) is 12.1 Å². The van der Waals surface area contributed by atoms with Gasteiger partial charge in [-0.3, -0.25) is 19.6 Å². The van der Waals surface area contributed by atoms with Crippen molar-refractivity contribution in [2.24, 2.45) is 0 Å². The smallest absolute Gasteiger partial charge is 0.409 e. The quantitative estimate of drug-likeness (QED) is 0.357. The number of carbonyl (C=O) groups is 2. The molecule has 1 aliphatic rings. The van der Waals surface area contributed by atoms with Crippen LogP contribution in [-0.2, 0) is 9.53 Å². The van der Waals surface area contributed by atoms with Gasteiger partial charge in [-0.15, -0.1) is 0 Å². The van der Waals surface area contributed by atoms with Crippen molar-refractivity contribution in [1.82, 2.24) is 19.6 Å². The summed E-state index contributed by atoms with van der Waals surface area (Å²) in [4.78, 5) is 38.4. The lowest BCUT2D eigenvalue weighted by molar-refractivity contribution is -0.384. The van der Waals surface area contributed by atoms with E-state index in [1.807, 2.05) is 0 Å². The van der Waals surface area contributed by atoms with Crippen LogP contribution in [0, 0.1) is 17.0 Å². The van der Waals surface area contributed by atoms with E-state index in [0.29, 0.717) is 49.9 Å². The maximum absolute atomic E-state index is 13.0. The number of anilines is 2. The molecule has 1 unspecified atom stereocenters. The summed E-state index contributed by atoms with van der Waals surface area (Å²) in [6.07, 6.45) is 1.34. The van der Waals surface area contributed by atoms with E-state index >= 15 is 0 Å². The molecule has 0 bridgehead atoms. The van der Waals surface area contributed by atoms with E-state index in [-0.39, 0.29) is 22.8 Å². The van der Waals surface area contributed by atoms with E-state index in [1.54, 1.807) is 53.6 Å². The number of benzene rings is 1. The van der Waals surface area contributed by atoms with Crippen LogP contribution < -0.4 is 10.6 Å². The van der Waals surface area contributed by atoms with E-state index in [0.717, 1.165) is 0 Å². The van der Waals surface area contributed by atoms with E-state index in [4.69, 9.17) is 17.0 Å². The number of hydrogen-bond donors (Lipinski definition) is 2. The van der Waals surface area contributed by atoms with E-state index in [2.05, 4.69) is 15.7 Å². The van der Waals surface area contributed by atoms with Crippen molar-refractivity contribution in [1.29, 1.82) is 0 Å². The van der Waals surface area contributed by atoms with Crippen molar-refractivity contribution in [2.45, 2.75) is 26.8 Å². The number of non-ortho nitro benzene ring substituents is 1. The average molecular weight is 490 g/mol. The summed E-state index contributed by atoms with van der Waals surface area (Å²) in [6, 6.07) is 5.34. The summed E-state index contributed by atoms with van der Waals surface area (Å²) in [6.45, 7) is 7.33. The Morgan fingerprint density at radius 2 is 1.79 bits per heavy atom. The predicted octanol–water partition coefficient (Wildman–Crippen LogP) is 2.77. The molecule has 2 heterocycles. The molecule has 0 spiro atoms. The molecule has 2 amide bonds. The lowest BCUT2D eigenvalue weighted by Gasteiger charge is -2.35. The van der Waals surface area contributed by atoms with Crippen molar-refractivity contribution in [3.8, 4) is 0 Å². The fourth-order valence-electron chi connectivity index (χ4n) is 3.46. The highest BCUT2D eigenvalue weighted by atomic mass is 32.1. The molecule has 3 rings (SSSR count). The Balaban J connectivity index is 1.57. The molecule has 1 aromatic carbocycles. The Morgan fingerprint density at radius 1 is 1.18 bits per heavy atom. The number of amides is 2. The van der Waals surface area contributed by atoms with Crippen molar-refractivity contribution < 1.29 is 19.2 Å². The summed E-state index contributed by atoms with van der Waals surface area (Å²) in [5, 5.41) is 21.5. The number of aryl methyl sites for hydroxylation is 1. The first-order valence-corrected chi connectivity index (χ1v) is 11.2. The SMILES string of the molecule is CCOC(=O)N1CCN(C(=O)C(C)n2cc(NC(=S)Nc3ccc([N+](=O)[O-])cc3)c(C)n2)CC1. The van der Waals surface area contributed by atoms with Gasteiger partial charge in [0.1, 0.15) is 6.04 Å². The van der Waals surface area contributed by atoms with Crippen LogP contribution in [0.25, 0.3) is 0 Å². The second kappa shape index (κ2) is 10.9. The van der Waals surface area contributed by atoms with Crippen LogP contribution in [0.5, 0.6) is 0 Å². The molecular formula is C21H27N7O5S. The van der Waals surface area contributed by atoms with Crippen molar-refractivity contribution in [3.05, 3.63) is 46.3 Å². The Hall–Kier alpha value is -3.74. The molecule has 0 radical (unpaired) electrons. The minimum Gasteiger partial charge on any atom is -0.450 e. The molecule has 1 atom stereocenters. The summed E-state index contributed by atoms with van der Waals surface area (Å²) in [7, 11) is 0. The summed E-state index contributed by atoms with van der Waals surface area (Å²) in [5.41, 5.74) is 1.87. The van der Waals surface area contributed by atoms with Gasteiger partial charge < -0.3 is 25.2 Å². The van der Waals surface area contributed by atoms with Crippen LogP contribution in [0.15, 0.2) is 30.5 Å². The maximum Gasteiger partial charge on any atom is 0.409 e. The number of ether oxygens (including phenoxy) is 1. The lowest BCUT2D eigenvalue weighted by atomic mass is 10.2. The second-order valence-corrected chi connectivity index (χ2v) is 8.09. The first kappa shape index (κ1) is 24.9. The van der Waals surface area contributed by atoms with Crippen molar-refractivity contribution in [3.63, 3.8) is 0 Å². The zero-order valence-corrected chi connectivity index (χ0v) is 20.0. The van der Waals surface area contributed by atoms with Gasteiger partial charge in [0.15, 0.2) is 5.11 Å². The molecule has 1 fully saturated rings. The van der Waals surface area contributed by atoms with E-state index < -0.39 is 11.0 Å². The molecule has 2 aromatic rings. The molecule has 0 aliphatic carbocycles. The topological polar surface area (TPSA) is 135 Å². The van der Waals surface area contributed by atoms with Gasteiger partial charge in [0, 0.05) is 50.2 Å². The zero-order valence-electron chi connectivity index (χ0n) is 19.2. The highest BCUT2D eigenvalue weighted by Crippen LogP contribution is 2.20. The first-order chi connectivity index (χ1) is 16.2. The molecule has 182 valence electrons. The van der Waals surface area contributed by atoms with Gasteiger partial charge in [0.05, 0.1) is 22.9 Å². The number of thiocarbonyl (C=S) groups is 1. The zero-order chi connectivity index (χ0) is 24.8. The molecule has 0 saturated carbocycles. The Morgan fingerprint density at radius 3 is 2.38 bits per heavy atom. The lowest BCUT2D eigenvalue weighted by Crippen LogP contribution is -2.52. The molecule has 1 aliphatic heterocycles. The first-order valence-electron chi connectivity index (χ1n) is 10.8. The van der Waals surface area contributed by atoms with Crippen LogP contribution in [0.4, 0.5) is 21.9 Å². The average Bonchev–Trinajstić information content (AvgIpc) is 3.18. The van der Waals surface area contributed by atoms with Crippen LogP contribution in [-0.4, -0.2) is 74.4 Å². The van der Waals surface area contributed by atoms with Crippen molar-refractivity contribution in [2.75, 3.05) is 43.4 Å². The second-order valence-electron chi connectivity index (χ2n) is 7.68. The number of carbonyl (C=O) groups excluding carboxylic acids is 2. The fourth-order valence-corrected chi connectivity index (χ4v) is 3.68. The van der Waals surface area contributed by atoms with Gasteiger partial charge in [-0.25, -0.2) is 4.79 Å². The van der Waals surface area contributed by atoms with Gasteiger partial charge >= 0.3 is 6.09 Å². The fraction of sp³-hybridized carbons (Fsp3) is 0.429. The standard InChI is InChI=1S/C21H27N7O5S/c1-4-33-21(30)26-11-9-25(10-12-26)19(29)15(3)27-13-18(14(2)24-27)23-20(34)22-16-5-7-17(8-6-16)28(31)32/h5-8,13,15H,4,9-12H2,1-3H3,(H2,22,23,34). The molecule has 2 N–H and O–H groups in total. The van der Waals surface area contributed by atoms with Crippen molar-refractivity contribution >= 4 is 46.4 Å². The molecular weight excluding hydrogens is 462 g/mol. The Kier molecular flexibility index (Phi) is 7.99. The van der Waals surface area contributed by atoms with Gasteiger partial charge in [-0.1, -0.05) is 0 Å². The van der Waals surface area contributed by atoms with Crippen LogP contribution >= 0.6 is 12.2 Å². The minimum absolute atomic E-state index is 0.0116. The number of nitrogens with zero attached hydrogens (tertiary/aromatic N) is 5. The Bertz CT molecular complexity index is 1060. The van der Waals surface area contributed by atoms with Crippen LogP contribution in [0.1, 0.15) is 25.6 Å². The third-order valence-electron chi connectivity index (χ3n) is 5.37. The molecule has 12 nitrogen and oxygen atoms in total. The van der Waals surface area contributed by atoms with Gasteiger partial charge in [0.25, 0.3) is 5.69 Å². The highest BCUT2D eigenvalue weighted by molar-refractivity contribution is 7.80. The number of nitro benzene ring substituents is 1. The largest absolute Gasteiger partial charge is 0.450 e. The Labute approximate surface area is 202 Å². The molecule has 13 heteroatoms. The maximum atomic E-state index is 13.0. The normalized spacial score (nSPS) is 14.3. The summed E-state index contributed by atoms with van der Waals surface area (Å²) in [5.74, 6) is -0.0934. The molecule has 1 aromatic heterocycles. The summed E-state index contributed by atoms with van der Waals surface area (Å²) >= 11 is 5.33. The number of nitrogens with one attached hydrogen (secondary N) is 2. The number of piperazine rings is 1. The van der Waals surface area contributed by atoms with Crippen LogP contribution in [0.2, 0.25) is 0 Å². The third kappa shape index (κ3) is 5.98. The number of hydrogen-bond acceptors (Lipinski definition) is 7. The number of aromatic nitrogens is 2. The molecule has 34 heavy (non-hydrogen) atoms. The monoisotopic (exact) mass is 489 g/mol. The van der Waals surface area contributed by atoms with Crippen LogP contribution in [0.3, 0.4) is 0 Å². The summed E-state index contributed by atoms with van der Waals surface area (Å²) < 4.78 is 6.59. The van der Waals surface area contributed by atoms with Gasteiger partial charge in [-0.2, -0.15) is 5.10 Å². The van der Waals surface area contributed by atoms with E-state index in [9.17, 15) is 19.7 Å². The van der Waals surface area contributed by atoms with Gasteiger partial charge in [-0.05, 0) is 45.1 Å². The predicted molar refractivity (Wildman–Crippen MR) is 130 cm³/mol. The van der Waals surface area contributed by atoms with Gasteiger partial charge in [0.2, 0.25) is 5.91 Å². The number of rotatable bonds is 6. The highest BCUT2D eigenvalue weighted by Gasteiger charge is 2.29. The minimum atomic E-state index is -0.542. The number of nitro groups is 1. The molecule has 1 saturated heterocycles. The third-order valence-corrected chi connectivity index (χ3v) is 5.58.